The molecule has 0 spiro atoms. The van der Waals surface area contributed by atoms with Crippen molar-refractivity contribution in [2.75, 3.05) is 6.61 Å². The minimum Gasteiger partial charge on any atom is -0.377 e. The fourth-order valence-electron chi connectivity index (χ4n) is 4.71. The summed E-state index contributed by atoms with van der Waals surface area (Å²) < 4.78 is 41.9. The van der Waals surface area contributed by atoms with Crippen LogP contribution in [-0.2, 0) is 23.8 Å². The second kappa shape index (κ2) is 12.6. The van der Waals surface area contributed by atoms with E-state index >= 15 is 0 Å². The molecule has 2 unspecified atom stereocenters. The number of benzene rings is 3. The highest BCUT2D eigenvalue weighted by Gasteiger charge is 2.34. The van der Waals surface area contributed by atoms with Crippen molar-refractivity contribution in [1.29, 1.82) is 0 Å². The quantitative estimate of drug-likeness (QED) is 0.340. The molecule has 1 aliphatic heterocycles. The van der Waals surface area contributed by atoms with Gasteiger partial charge >= 0.3 is 6.18 Å². The van der Waals surface area contributed by atoms with Crippen LogP contribution in [0.25, 0.3) is 0 Å². The van der Waals surface area contributed by atoms with Gasteiger partial charge in [0.15, 0.2) is 0 Å². The number of fused-ring (bicyclic) bond motifs is 2. The highest BCUT2D eigenvalue weighted by Crippen LogP contribution is 2.40. The summed E-state index contributed by atoms with van der Waals surface area (Å²) in [6.07, 6.45) is 0.107. The highest BCUT2D eigenvalue weighted by atomic mass is 32.1. The van der Waals surface area contributed by atoms with E-state index in [1.165, 1.54) is 34.4 Å². The summed E-state index contributed by atoms with van der Waals surface area (Å²) in [5, 5.41) is 0. The molecule has 0 amide bonds. The Morgan fingerprint density at radius 3 is 1.83 bits per heavy atom. The molecule has 1 saturated heterocycles. The van der Waals surface area contributed by atoms with Gasteiger partial charge in [-0.1, -0.05) is 62.4 Å². The average molecular weight is 502 g/mol. The molecule has 5 rings (SSSR count). The van der Waals surface area contributed by atoms with E-state index in [9.17, 15) is 13.2 Å². The van der Waals surface area contributed by atoms with Crippen molar-refractivity contribution in [3.63, 3.8) is 0 Å². The molecule has 6 heteroatoms. The number of hydrogen-bond donors (Lipinski definition) is 2. The molecule has 188 valence electrons. The predicted molar refractivity (Wildman–Crippen MR) is 139 cm³/mol. The van der Waals surface area contributed by atoms with Crippen LogP contribution in [-0.4, -0.2) is 18.8 Å². The van der Waals surface area contributed by atoms with Gasteiger partial charge in [-0.25, -0.2) is 0 Å². The van der Waals surface area contributed by atoms with Gasteiger partial charge in [-0.15, -0.1) is 12.6 Å². The first-order valence-corrected chi connectivity index (χ1v) is 12.7. The van der Waals surface area contributed by atoms with Crippen LogP contribution in [0.15, 0.2) is 77.7 Å². The zero-order valence-corrected chi connectivity index (χ0v) is 21.2. The molecular formula is C29H34F3NOS. The van der Waals surface area contributed by atoms with E-state index < -0.39 is 11.7 Å². The van der Waals surface area contributed by atoms with E-state index in [1.807, 2.05) is 13.8 Å². The first-order chi connectivity index (χ1) is 16.8. The van der Waals surface area contributed by atoms with Crippen molar-refractivity contribution in [2.24, 2.45) is 5.73 Å². The van der Waals surface area contributed by atoms with Gasteiger partial charge < -0.3 is 10.5 Å². The average Bonchev–Trinajstić information content (AvgIpc) is 3.02. The number of ether oxygens (including phenoxy) is 1. The second-order valence-corrected chi connectivity index (χ2v) is 9.13. The lowest BCUT2D eigenvalue weighted by Crippen LogP contribution is -2.38. The lowest BCUT2D eigenvalue weighted by atomic mass is 9.81. The maximum absolute atomic E-state index is 11.9. The third-order valence-corrected chi connectivity index (χ3v) is 6.66. The fourth-order valence-corrected chi connectivity index (χ4v) is 4.85. The first-order valence-electron chi connectivity index (χ1n) is 12.2. The summed E-state index contributed by atoms with van der Waals surface area (Å²) >= 11 is 3.86. The number of aryl methyl sites for hydroxylation is 2. The van der Waals surface area contributed by atoms with Crippen LogP contribution in [0, 0.1) is 0 Å². The number of thiol groups is 1. The van der Waals surface area contributed by atoms with Crippen molar-refractivity contribution in [3.05, 3.63) is 101 Å². The predicted octanol–water partition coefficient (Wildman–Crippen LogP) is 7.44. The van der Waals surface area contributed by atoms with E-state index in [0.29, 0.717) is 10.8 Å². The SMILES string of the molecule is CC.FC(F)(F)c1ccc(S)cc1.NC1CCOC(C2c3ccccc3CCc3ccccc32)C1. The van der Waals surface area contributed by atoms with Gasteiger partial charge in [0.05, 0.1) is 11.7 Å². The third kappa shape index (κ3) is 7.12. The Morgan fingerprint density at radius 2 is 1.34 bits per heavy atom. The monoisotopic (exact) mass is 501 g/mol. The number of nitrogens with two attached hydrogens (primary N) is 1. The normalized spacial score (nSPS) is 19.6. The van der Waals surface area contributed by atoms with Crippen LogP contribution >= 0.6 is 12.6 Å². The maximum Gasteiger partial charge on any atom is 0.416 e. The topological polar surface area (TPSA) is 35.2 Å². The van der Waals surface area contributed by atoms with Crippen molar-refractivity contribution < 1.29 is 17.9 Å². The lowest BCUT2D eigenvalue weighted by Gasteiger charge is -2.34. The molecular weight excluding hydrogens is 467 g/mol. The molecule has 2 aliphatic rings. The van der Waals surface area contributed by atoms with Gasteiger partial charge in [-0.3, -0.25) is 0 Å². The Bertz CT molecular complexity index is 1020. The maximum atomic E-state index is 11.9. The molecule has 0 aromatic heterocycles. The van der Waals surface area contributed by atoms with E-state index in [-0.39, 0.29) is 12.1 Å². The molecule has 1 aliphatic carbocycles. The van der Waals surface area contributed by atoms with Crippen molar-refractivity contribution in [3.8, 4) is 0 Å². The molecule has 35 heavy (non-hydrogen) atoms. The largest absolute Gasteiger partial charge is 0.416 e. The van der Waals surface area contributed by atoms with Crippen LogP contribution in [0.5, 0.6) is 0 Å². The fraction of sp³-hybridized carbons (Fsp3) is 0.379. The summed E-state index contributed by atoms with van der Waals surface area (Å²) in [5.74, 6) is 0.321. The zero-order chi connectivity index (χ0) is 25.4. The summed E-state index contributed by atoms with van der Waals surface area (Å²) in [5.41, 5.74) is 11.4. The summed E-state index contributed by atoms with van der Waals surface area (Å²) in [4.78, 5) is 0.526. The molecule has 3 aromatic rings. The van der Waals surface area contributed by atoms with Gasteiger partial charge in [0.1, 0.15) is 0 Å². The summed E-state index contributed by atoms with van der Waals surface area (Å²) in [6, 6.07) is 22.6. The van der Waals surface area contributed by atoms with Gasteiger partial charge in [-0.2, -0.15) is 13.2 Å². The van der Waals surface area contributed by atoms with Crippen LogP contribution in [0.1, 0.15) is 60.4 Å². The van der Waals surface area contributed by atoms with Crippen molar-refractivity contribution in [2.45, 2.75) is 68.7 Å². The van der Waals surface area contributed by atoms with E-state index in [2.05, 4.69) is 61.2 Å². The Hall–Kier alpha value is -2.28. The molecule has 1 heterocycles. The van der Waals surface area contributed by atoms with Gasteiger partial charge in [0.2, 0.25) is 0 Å². The molecule has 2 N–H and O–H groups in total. The molecule has 0 bridgehead atoms. The third-order valence-electron chi connectivity index (χ3n) is 6.37. The smallest absolute Gasteiger partial charge is 0.377 e. The van der Waals surface area contributed by atoms with Gasteiger partial charge in [0, 0.05) is 23.5 Å². The highest BCUT2D eigenvalue weighted by molar-refractivity contribution is 7.80. The molecule has 2 nitrogen and oxygen atoms in total. The van der Waals surface area contributed by atoms with Crippen molar-refractivity contribution in [1.82, 2.24) is 0 Å². The Kier molecular flexibility index (Phi) is 9.84. The number of rotatable bonds is 1. The number of alkyl halides is 3. The summed E-state index contributed by atoms with van der Waals surface area (Å²) in [7, 11) is 0. The molecule has 3 aromatic carbocycles. The van der Waals surface area contributed by atoms with E-state index in [4.69, 9.17) is 10.5 Å². The summed E-state index contributed by atoms with van der Waals surface area (Å²) in [6.45, 7) is 4.78. The van der Waals surface area contributed by atoms with E-state index in [1.54, 1.807) is 0 Å². The molecule has 1 fully saturated rings. The van der Waals surface area contributed by atoms with Crippen LogP contribution in [0.4, 0.5) is 13.2 Å². The van der Waals surface area contributed by atoms with Crippen LogP contribution in [0.3, 0.4) is 0 Å². The van der Waals surface area contributed by atoms with Crippen LogP contribution in [0.2, 0.25) is 0 Å². The standard InChI is InChI=1S/C20H23NO.C7H5F3S.C2H6/c21-16-11-12-22-19(13-16)20-17-7-3-1-5-14(17)9-10-15-6-2-4-8-18(15)20;8-7(9,10)5-1-3-6(11)4-2-5;1-2/h1-8,16,19-20H,9-13,21H2;1-4,11H;1-2H3. The second-order valence-electron chi connectivity index (χ2n) is 8.61. The molecule has 0 radical (unpaired) electrons. The molecule has 2 atom stereocenters. The van der Waals surface area contributed by atoms with E-state index in [0.717, 1.165) is 44.4 Å². The minimum atomic E-state index is -4.25. The Morgan fingerprint density at radius 1 is 0.829 bits per heavy atom. The van der Waals surface area contributed by atoms with Gasteiger partial charge in [0.25, 0.3) is 0 Å². The van der Waals surface area contributed by atoms with Crippen LogP contribution < -0.4 is 5.73 Å². The molecule has 0 saturated carbocycles. The Labute approximate surface area is 212 Å². The van der Waals surface area contributed by atoms with Crippen molar-refractivity contribution >= 4 is 12.6 Å². The first kappa shape index (κ1) is 27.3. The lowest BCUT2D eigenvalue weighted by molar-refractivity contribution is -0.137. The van der Waals surface area contributed by atoms with Gasteiger partial charge in [-0.05, 0) is 72.2 Å². The number of halogens is 3. The Balaban J connectivity index is 0.000000223. The zero-order valence-electron chi connectivity index (χ0n) is 20.3. The minimum absolute atomic E-state index is 0.198. The number of hydrogen-bond acceptors (Lipinski definition) is 3.